The van der Waals surface area contributed by atoms with E-state index in [0.29, 0.717) is 6.54 Å². The molecule has 0 saturated heterocycles. The van der Waals surface area contributed by atoms with Gasteiger partial charge in [0, 0.05) is 12.6 Å². The van der Waals surface area contributed by atoms with Crippen LogP contribution in [-0.4, -0.2) is 27.0 Å². The molecule has 3 rings (SSSR count). The molecular formula is C21H25ClN2O4S. The summed E-state index contributed by atoms with van der Waals surface area (Å²) >= 11 is 6.18. The quantitative estimate of drug-likeness (QED) is 0.662. The number of nitrogens with one attached hydrogen (secondary N) is 2. The van der Waals surface area contributed by atoms with E-state index in [1.54, 1.807) is 0 Å². The first kappa shape index (κ1) is 21.6. The largest absolute Gasteiger partial charge is 0.482 e. The van der Waals surface area contributed by atoms with Crippen molar-refractivity contribution < 1.29 is 17.9 Å². The summed E-state index contributed by atoms with van der Waals surface area (Å²) in [7, 11) is -3.63. The Morgan fingerprint density at radius 1 is 1.17 bits per heavy atom. The van der Waals surface area contributed by atoms with Gasteiger partial charge in [0.15, 0.2) is 6.61 Å². The molecule has 0 radical (unpaired) electrons. The van der Waals surface area contributed by atoms with Crippen molar-refractivity contribution in [2.45, 2.75) is 50.1 Å². The molecule has 0 aromatic heterocycles. The van der Waals surface area contributed by atoms with Gasteiger partial charge in [-0.05, 0) is 43.5 Å². The number of hydrogen-bond donors (Lipinski definition) is 2. The summed E-state index contributed by atoms with van der Waals surface area (Å²) in [6, 6.07) is 12.1. The van der Waals surface area contributed by atoms with Crippen LogP contribution in [0.3, 0.4) is 0 Å². The summed E-state index contributed by atoms with van der Waals surface area (Å²) in [5.74, 6) is -0.0284. The third-order valence-corrected chi connectivity index (χ3v) is 6.64. The fourth-order valence-electron chi connectivity index (χ4n) is 3.31. The van der Waals surface area contributed by atoms with Gasteiger partial charge in [-0.2, -0.15) is 0 Å². The maximum Gasteiger partial charge on any atom is 0.258 e. The highest BCUT2D eigenvalue weighted by atomic mass is 35.5. The average Bonchev–Trinajstić information content (AvgIpc) is 3.17. The van der Waals surface area contributed by atoms with Crippen molar-refractivity contribution in [3.63, 3.8) is 0 Å². The minimum absolute atomic E-state index is 0.0215. The molecule has 1 saturated carbocycles. The van der Waals surface area contributed by atoms with Crippen LogP contribution in [0.4, 0.5) is 0 Å². The molecule has 2 N–H and O–H groups in total. The van der Waals surface area contributed by atoms with Gasteiger partial charge in [-0.25, -0.2) is 13.1 Å². The molecule has 8 heteroatoms. The SMILES string of the molecule is Cc1cccc(CNC(=O)COc2ccc(S(=O)(=O)NC3CCCC3)cc2Cl)c1. The predicted molar refractivity (Wildman–Crippen MR) is 113 cm³/mol. The van der Waals surface area contributed by atoms with Crippen LogP contribution in [0.5, 0.6) is 5.75 Å². The van der Waals surface area contributed by atoms with Crippen molar-refractivity contribution in [3.05, 3.63) is 58.6 Å². The molecule has 29 heavy (non-hydrogen) atoms. The highest BCUT2D eigenvalue weighted by molar-refractivity contribution is 7.89. The molecule has 2 aromatic carbocycles. The third kappa shape index (κ3) is 6.19. The number of carbonyl (C=O) groups excluding carboxylic acids is 1. The molecule has 0 heterocycles. The third-order valence-electron chi connectivity index (χ3n) is 4.82. The van der Waals surface area contributed by atoms with Gasteiger partial charge in [0.25, 0.3) is 5.91 Å². The molecule has 1 amide bonds. The summed E-state index contributed by atoms with van der Waals surface area (Å²) in [5, 5.41) is 2.92. The van der Waals surface area contributed by atoms with Crippen LogP contribution in [-0.2, 0) is 21.4 Å². The Morgan fingerprint density at radius 3 is 2.62 bits per heavy atom. The average molecular weight is 437 g/mol. The summed E-state index contributed by atoms with van der Waals surface area (Å²) in [6.07, 6.45) is 3.77. The number of benzene rings is 2. The topological polar surface area (TPSA) is 84.5 Å². The van der Waals surface area contributed by atoms with Gasteiger partial charge in [0.05, 0.1) is 9.92 Å². The van der Waals surface area contributed by atoms with Crippen LogP contribution < -0.4 is 14.8 Å². The van der Waals surface area contributed by atoms with Crippen molar-refractivity contribution >= 4 is 27.5 Å². The molecule has 1 aliphatic carbocycles. The maximum atomic E-state index is 12.5. The zero-order chi connectivity index (χ0) is 20.9. The number of ether oxygens (including phenoxy) is 1. The van der Waals surface area contributed by atoms with E-state index in [9.17, 15) is 13.2 Å². The van der Waals surface area contributed by atoms with Crippen molar-refractivity contribution in [1.82, 2.24) is 10.0 Å². The van der Waals surface area contributed by atoms with E-state index in [1.807, 2.05) is 31.2 Å². The fourth-order valence-corrected chi connectivity index (χ4v) is 4.94. The lowest BCUT2D eigenvalue weighted by atomic mass is 10.1. The summed E-state index contributed by atoms with van der Waals surface area (Å²) in [5.41, 5.74) is 2.12. The lowest BCUT2D eigenvalue weighted by Gasteiger charge is -2.14. The minimum atomic E-state index is -3.63. The number of rotatable bonds is 8. The van der Waals surface area contributed by atoms with Gasteiger partial charge in [0.1, 0.15) is 5.75 Å². The highest BCUT2D eigenvalue weighted by Gasteiger charge is 2.23. The van der Waals surface area contributed by atoms with Gasteiger partial charge in [-0.1, -0.05) is 54.3 Å². The number of aryl methyl sites for hydroxylation is 1. The van der Waals surface area contributed by atoms with E-state index >= 15 is 0 Å². The van der Waals surface area contributed by atoms with E-state index in [1.165, 1.54) is 18.2 Å². The fraction of sp³-hybridized carbons (Fsp3) is 0.381. The molecule has 1 fully saturated rings. The highest BCUT2D eigenvalue weighted by Crippen LogP contribution is 2.28. The predicted octanol–water partition coefficient (Wildman–Crippen LogP) is 3.56. The van der Waals surface area contributed by atoms with Crippen molar-refractivity contribution in [3.8, 4) is 5.75 Å². The molecule has 0 bridgehead atoms. The normalized spacial score (nSPS) is 14.7. The van der Waals surface area contributed by atoms with Crippen LogP contribution in [0.1, 0.15) is 36.8 Å². The van der Waals surface area contributed by atoms with Gasteiger partial charge in [-0.15, -0.1) is 0 Å². The Balaban J connectivity index is 1.54. The Morgan fingerprint density at radius 2 is 1.93 bits per heavy atom. The first-order valence-corrected chi connectivity index (χ1v) is 11.5. The van der Waals surface area contributed by atoms with Gasteiger partial charge in [-0.3, -0.25) is 4.79 Å². The standard InChI is InChI=1S/C21H25ClN2O4S/c1-15-5-4-6-16(11-15)13-23-21(25)14-28-20-10-9-18(12-19(20)22)29(26,27)24-17-7-2-3-8-17/h4-6,9-12,17,24H,2-3,7-8,13-14H2,1H3,(H,23,25). The number of amides is 1. The summed E-state index contributed by atoms with van der Waals surface area (Å²) in [4.78, 5) is 12.1. The molecule has 156 valence electrons. The second kappa shape index (κ2) is 9.61. The Kier molecular flexibility index (Phi) is 7.16. The molecule has 0 aliphatic heterocycles. The van der Waals surface area contributed by atoms with E-state index in [0.717, 1.165) is 36.8 Å². The monoisotopic (exact) mass is 436 g/mol. The lowest BCUT2D eigenvalue weighted by molar-refractivity contribution is -0.123. The van der Waals surface area contributed by atoms with Crippen LogP contribution in [0.25, 0.3) is 0 Å². The molecule has 0 spiro atoms. The number of hydrogen-bond acceptors (Lipinski definition) is 4. The van der Waals surface area contributed by atoms with Gasteiger partial charge in [0.2, 0.25) is 10.0 Å². The smallest absolute Gasteiger partial charge is 0.258 e. The van der Waals surface area contributed by atoms with Crippen LogP contribution in [0.2, 0.25) is 5.02 Å². The Bertz CT molecular complexity index is 972. The number of carbonyl (C=O) groups is 1. The van der Waals surface area contributed by atoms with E-state index in [-0.39, 0.29) is 34.2 Å². The zero-order valence-electron chi connectivity index (χ0n) is 16.3. The van der Waals surface area contributed by atoms with Crippen LogP contribution in [0.15, 0.2) is 47.4 Å². The van der Waals surface area contributed by atoms with Crippen molar-refractivity contribution in [2.24, 2.45) is 0 Å². The van der Waals surface area contributed by atoms with E-state index < -0.39 is 10.0 Å². The second-order valence-electron chi connectivity index (χ2n) is 7.25. The molecule has 0 atom stereocenters. The first-order chi connectivity index (χ1) is 13.8. The van der Waals surface area contributed by atoms with Crippen molar-refractivity contribution in [1.29, 1.82) is 0 Å². The molecule has 2 aromatic rings. The van der Waals surface area contributed by atoms with Gasteiger partial charge >= 0.3 is 0 Å². The number of halogens is 1. The molecule has 6 nitrogen and oxygen atoms in total. The molecule has 0 unspecified atom stereocenters. The Labute approximate surface area is 176 Å². The first-order valence-electron chi connectivity index (χ1n) is 9.60. The van der Waals surface area contributed by atoms with E-state index in [2.05, 4.69) is 10.0 Å². The lowest BCUT2D eigenvalue weighted by Crippen LogP contribution is -2.32. The zero-order valence-corrected chi connectivity index (χ0v) is 17.9. The maximum absolute atomic E-state index is 12.5. The molecule has 1 aliphatic rings. The summed E-state index contributed by atoms with van der Waals surface area (Å²) in [6.45, 7) is 2.18. The minimum Gasteiger partial charge on any atom is -0.482 e. The van der Waals surface area contributed by atoms with Crippen LogP contribution in [0, 0.1) is 6.92 Å². The van der Waals surface area contributed by atoms with Crippen molar-refractivity contribution in [2.75, 3.05) is 6.61 Å². The number of sulfonamides is 1. The van der Waals surface area contributed by atoms with Gasteiger partial charge < -0.3 is 10.1 Å². The second-order valence-corrected chi connectivity index (χ2v) is 9.37. The Hall–Kier alpha value is -2.09. The molecular weight excluding hydrogens is 412 g/mol. The summed E-state index contributed by atoms with van der Waals surface area (Å²) < 4.78 is 33.1. The van der Waals surface area contributed by atoms with E-state index in [4.69, 9.17) is 16.3 Å². The van der Waals surface area contributed by atoms with Crippen LogP contribution >= 0.6 is 11.6 Å².